The number of alkyl halides is 3. The summed E-state index contributed by atoms with van der Waals surface area (Å²) < 4.78 is 66.0. The van der Waals surface area contributed by atoms with E-state index < -0.39 is 29.8 Å². The van der Waals surface area contributed by atoms with Crippen molar-refractivity contribution in [1.82, 2.24) is 14.7 Å². The third kappa shape index (κ3) is 7.65. The molecule has 4 aliphatic rings. The van der Waals surface area contributed by atoms with E-state index in [-0.39, 0.29) is 11.8 Å². The number of benzene rings is 1. The maximum Gasteiger partial charge on any atom is 0.392 e. The Morgan fingerprint density at radius 1 is 1.02 bits per heavy atom. The van der Waals surface area contributed by atoms with Gasteiger partial charge in [0.1, 0.15) is 11.6 Å². The Balaban J connectivity index is 1.30. The molecule has 0 N–H and O–H groups in total. The van der Waals surface area contributed by atoms with Gasteiger partial charge in [-0.15, -0.1) is 0 Å². The average molecular weight is 629 g/mol. The van der Waals surface area contributed by atoms with Gasteiger partial charge in [0, 0.05) is 19.6 Å². The van der Waals surface area contributed by atoms with Gasteiger partial charge in [0.05, 0.1) is 6.42 Å². The molecule has 242 valence electrons. The molecule has 5 nitrogen and oxygen atoms in total. The molecule has 0 bridgehead atoms. The number of carbonyl (C=O) groups excluding carboxylic acids is 1. The molecule has 1 amide bonds. The Morgan fingerprint density at radius 3 is 2.40 bits per heavy atom. The molecule has 1 aromatic rings. The van der Waals surface area contributed by atoms with Crippen molar-refractivity contribution >= 4 is 11.9 Å². The summed E-state index contributed by atoms with van der Waals surface area (Å²) in [5, 5.41) is 0. The van der Waals surface area contributed by atoms with Gasteiger partial charge in [-0.05, 0) is 112 Å². The highest BCUT2D eigenvalue weighted by molar-refractivity contribution is 6.09. The number of hydrogen-bond acceptors (Lipinski definition) is 4. The largest absolute Gasteiger partial charge is 0.392 e. The minimum Gasteiger partial charge on any atom is -0.342 e. The van der Waals surface area contributed by atoms with E-state index in [9.17, 15) is 26.7 Å². The van der Waals surface area contributed by atoms with Crippen LogP contribution in [0.5, 0.6) is 0 Å². The SMILES string of the molecule is C/C=C(\C=C/CC(F)(F)F)C1CCN(CCCN2C(=O)C(C3=CC=C(F)C=CC3)(c3ccc(F)cc3)N=C2N2CCCC2)CC1. The molecule has 10 heteroatoms. The van der Waals surface area contributed by atoms with Gasteiger partial charge in [-0.1, -0.05) is 42.5 Å². The van der Waals surface area contributed by atoms with Crippen LogP contribution in [-0.4, -0.2) is 72.0 Å². The maximum atomic E-state index is 14.6. The van der Waals surface area contributed by atoms with Crippen molar-refractivity contribution in [3.05, 3.63) is 95.2 Å². The van der Waals surface area contributed by atoms with Crippen LogP contribution >= 0.6 is 0 Å². The van der Waals surface area contributed by atoms with Crippen LogP contribution in [0.2, 0.25) is 0 Å². The fraction of sp³-hybridized carbons (Fsp3) is 0.486. The van der Waals surface area contributed by atoms with Gasteiger partial charge in [0.15, 0.2) is 5.54 Å². The number of likely N-dealkylation sites (tertiary alicyclic amines) is 2. The lowest BCUT2D eigenvalue weighted by atomic mass is 9.80. The second kappa shape index (κ2) is 14.3. The highest BCUT2D eigenvalue weighted by atomic mass is 19.4. The van der Waals surface area contributed by atoms with E-state index in [0.717, 1.165) is 64.0 Å². The second-order valence-electron chi connectivity index (χ2n) is 12.1. The van der Waals surface area contributed by atoms with Crippen LogP contribution in [0.4, 0.5) is 22.0 Å². The first-order valence-electron chi connectivity index (χ1n) is 15.9. The Hall–Kier alpha value is -3.53. The molecule has 1 atom stereocenters. The molecule has 0 spiro atoms. The highest BCUT2D eigenvalue weighted by Gasteiger charge is 2.53. The molecule has 0 radical (unpaired) electrons. The van der Waals surface area contributed by atoms with Crippen LogP contribution in [0.25, 0.3) is 0 Å². The lowest BCUT2D eigenvalue weighted by Crippen LogP contribution is -2.47. The molecule has 3 heterocycles. The molecule has 1 unspecified atom stereocenters. The van der Waals surface area contributed by atoms with Gasteiger partial charge in [-0.2, -0.15) is 13.2 Å². The number of nitrogens with zero attached hydrogens (tertiary/aromatic N) is 4. The Labute approximate surface area is 262 Å². The number of halogens is 5. The summed E-state index contributed by atoms with van der Waals surface area (Å²) in [6.07, 6.45) is 10.4. The monoisotopic (exact) mass is 628 g/mol. The Kier molecular flexibility index (Phi) is 10.4. The second-order valence-corrected chi connectivity index (χ2v) is 12.1. The number of piperidine rings is 1. The first-order valence-corrected chi connectivity index (χ1v) is 15.9. The minimum absolute atomic E-state index is 0.214. The zero-order valence-electron chi connectivity index (χ0n) is 25.7. The third-order valence-electron chi connectivity index (χ3n) is 9.15. The molecular weight excluding hydrogens is 587 g/mol. The van der Waals surface area contributed by atoms with E-state index in [1.807, 2.05) is 13.0 Å². The van der Waals surface area contributed by atoms with E-state index in [2.05, 4.69) is 9.80 Å². The summed E-state index contributed by atoms with van der Waals surface area (Å²) in [6, 6.07) is 5.85. The van der Waals surface area contributed by atoms with Crippen molar-refractivity contribution in [1.29, 1.82) is 0 Å². The summed E-state index contributed by atoms with van der Waals surface area (Å²) in [7, 11) is 0. The van der Waals surface area contributed by atoms with Crippen LogP contribution < -0.4 is 0 Å². The van der Waals surface area contributed by atoms with Gasteiger partial charge >= 0.3 is 6.18 Å². The van der Waals surface area contributed by atoms with Crippen molar-refractivity contribution in [2.45, 2.75) is 63.6 Å². The number of allylic oxidation sites excluding steroid dienone is 9. The number of rotatable bonds is 9. The summed E-state index contributed by atoms with van der Waals surface area (Å²) >= 11 is 0. The summed E-state index contributed by atoms with van der Waals surface area (Å²) in [5.74, 6) is -0.200. The maximum absolute atomic E-state index is 14.6. The predicted molar refractivity (Wildman–Crippen MR) is 166 cm³/mol. The van der Waals surface area contributed by atoms with Crippen LogP contribution in [0, 0.1) is 11.7 Å². The average Bonchev–Trinajstić information content (AvgIpc) is 3.58. The van der Waals surface area contributed by atoms with Gasteiger partial charge in [0.2, 0.25) is 5.96 Å². The van der Waals surface area contributed by atoms with E-state index in [4.69, 9.17) is 4.99 Å². The van der Waals surface area contributed by atoms with E-state index in [1.54, 1.807) is 35.3 Å². The molecule has 1 aliphatic carbocycles. The molecule has 2 fully saturated rings. The molecule has 5 rings (SSSR count). The number of carbonyl (C=O) groups is 1. The lowest BCUT2D eigenvalue weighted by Gasteiger charge is -2.33. The molecule has 45 heavy (non-hydrogen) atoms. The first kappa shape index (κ1) is 32.9. The van der Waals surface area contributed by atoms with E-state index in [1.165, 1.54) is 30.4 Å². The van der Waals surface area contributed by atoms with Gasteiger partial charge in [-0.25, -0.2) is 13.8 Å². The zero-order chi connectivity index (χ0) is 32.0. The van der Waals surface area contributed by atoms with Crippen LogP contribution in [0.3, 0.4) is 0 Å². The zero-order valence-corrected chi connectivity index (χ0v) is 25.7. The molecule has 0 aromatic heterocycles. The highest BCUT2D eigenvalue weighted by Crippen LogP contribution is 2.43. The quantitative estimate of drug-likeness (QED) is 0.209. The summed E-state index contributed by atoms with van der Waals surface area (Å²) in [4.78, 5) is 26.0. The smallest absolute Gasteiger partial charge is 0.342 e. The predicted octanol–water partition coefficient (Wildman–Crippen LogP) is 7.61. The minimum atomic E-state index is -4.20. The molecular formula is C35H41F5N4O. The topological polar surface area (TPSA) is 39.1 Å². The number of guanidine groups is 1. The third-order valence-corrected chi connectivity index (χ3v) is 9.15. The van der Waals surface area contributed by atoms with Crippen molar-refractivity contribution in [2.24, 2.45) is 10.9 Å². The molecule has 1 aromatic carbocycles. The fourth-order valence-electron chi connectivity index (χ4n) is 6.79. The first-order chi connectivity index (χ1) is 21.6. The molecule has 3 aliphatic heterocycles. The van der Waals surface area contributed by atoms with Crippen LogP contribution in [-0.2, 0) is 10.3 Å². The fourth-order valence-corrected chi connectivity index (χ4v) is 6.79. The van der Waals surface area contributed by atoms with Gasteiger partial charge in [-0.3, -0.25) is 9.69 Å². The van der Waals surface area contributed by atoms with Crippen LogP contribution in [0.1, 0.15) is 57.4 Å². The lowest BCUT2D eigenvalue weighted by molar-refractivity contribution is -0.130. The Morgan fingerprint density at radius 2 is 1.73 bits per heavy atom. The normalized spacial score (nSPS) is 24.0. The number of amides is 1. The number of hydrogen-bond donors (Lipinski definition) is 0. The number of aliphatic imine (C=N–C) groups is 1. The van der Waals surface area contributed by atoms with Crippen molar-refractivity contribution in [3.8, 4) is 0 Å². The van der Waals surface area contributed by atoms with Crippen LogP contribution in [0.15, 0.2) is 88.8 Å². The Bertz CT molecular complexity index is 1390. The summed E-state index contributed by atoms with van der Waals surface area (Å²) in [6.45, 7) is 6.31. The van der Waals surface area contributed by atoms with Gasteiger partial charge < -0.3 is 9.80 Å². The van der Waals surface area contributed by atoms with Crippen molar-refractivity contribution in [2.75, 3.05) is 39.3 Å². The molecule has 0 saturated carbocycles. The van der Waals surface area contributed by atoms with Crippen molar-refractivity contribution in [3.63, 3.8) is 0 Å². The van der Waals surface area contributed by atoms with E-state index in [0.29, 0.717) is 36.5 Å². The standard InChI is InChI=1S/C35H41F5N4O/c1-2-26(8-6-19-34(38,39)40)27-17-24-42(25-18-27)20-7-23-44-32(45)35(29-12-15-31(37)16-13-29,28-9-5-10-30(36)14-11-28)41-33(44)43-21-3-4-22-43/h2,5-6,8,10-16,27H,3-4,7,9,17-25H2,1H3/b8-6-,26-2+. The van der Waals surface area contributed by atoms with Gasteiger partial charge in [0.25, 0.3) is 5.91 Å². The van der Waals surface area contributed by atoms with E-state index >= 15 is 0 Å². The van der Waals surface area contributed by atoms with Crippen molar-refractivity contribution < 1.29 is 26.7 Å². The summed E-state index contributed by atoms with van der Waals surface area (Å²) in [5.41, 5.74) is 0.711. The molecule has 2 saturated heterocycles.